The Kier molecular flexibility index (Phi) is 7.69. The highest BCUT2D eigenvalue weighted by molar-refractivity contribution is 7.92. The number of alkyl halides is 3. The number of aliphatic hydroxyl groups is 1. The van der Waals surface area contributed by atoms with Gasteiger partial charge in [0, 0.05) is 11.6 Å². The molecular weight excluding hydrogens is 558 g/mol. The maximum Gasteiger partial charge on any atom is 0.433 e. The van der Waals surface area contributed by atoms with Crippen LogP contribution in [0.3, 0.4) is 0 Å². The van der Waals surface area contributed by atoms with Gasteiger partial charge in [-0.2, -0.15) is 13.2 Å². The van der Waals surface area contributed by atoms with Gasteiger partial charge in [0.2, 0.25) is 0 Å². The predicted molar refractivity (Wildman–Crippen MR) is 136 cm³/mol. The van der Waals surface area contributed by atoms with E-state index in [1.165, 1.54) is 51.3 Å². The van der Waals surface area contributed by atoms with Crippen LogP contribution in [-0.4, -0.2) is 56.3 Å². The summed E-state index contributed by atoms with van der Waals surface area (Å²) in [6.07, 6.45) is -5.61. The zero-order chi connectivity index (χ0) is 29.5. The highest BCUT2D eigenvalue weighted by Gasteiger charge is 2.37. The smallest absolute Gasteiger partial charge is 0.433 e. The van der Waals surface area contributed by atoms with Crippen LogP contribution in [0, 0.1) is 5.82 Å². The van der Waals surface area contributed by atoms with Gasteiger partial charge in [-0.3, -0.25) is 9.10 Å². The zero-order valence-corrected chi connectivity index (χ0v) is 22.3. The molecule has 0 saturated heterocycles. The van der Waals surface area contributed by atoms with Crippen molar-refractivity contribution < 1.29 is 45.4 Å². The lowest BCUT2D eigenvalue weighted by atomic mass is 10.1. The Balaban J connectivity index is 1.78. The molecule has 40 heavy (non-hydrogen) atoms. The van der Waals surface area contributed by atoms with E-state index in [9.17, 15) is 35.9 Å². The van der Waals surface area contributed by atoms with Gasteiger partial charge >= 0.3 is 6.18 Å². The minimum Gasteiger partial charge on any atom is -0.494 e. The number of carbonyl (C=O) groups is 1. The molecule has 1 unspecified atom stereocenters. The lowest BCUT2D eigenvalue weighted by Crippen LogP contribution is -2.51. The van der Waals surface area contributed by atoms with Gasteiger partial charge in [-0.1, -0.05) is 6.07 Å². The van der Waals surface area contributed by atoms with Crippen molar-refractivity contribution in [2.45, 2.75) is 36.6 Å². The van der Waals surface area contributed by atoms with E-state index < -0.39 is 45.3 Å². The SMILES string of the molecule is COc1cc(S(=O)(=O)N2CC(CNC(=O)C(C)(C)O)Oc3ccc(-c4cccc(C(F)(F)F)n4)cc32)ccc1F. The van der Waals surface area contributed by atoms with Gasteiger partial charge in [-0.25, -0.2) is 17.8 Å². The Labute approximate surface area is 227 Å². The van der Waals surface area contributed by atoms with Crippen LogP contribution in [0.1, 0.15) is 19.5 Å². The number of carbonyl (C=O) groups excluding carboxylic acids is 1. The Morgan fingerprint density at radius 3 is 2.55 bits per heavy atom. The summed E-state index contributed by atoms with van der Waals surface area (Å²) in [5.41, 5.74) is -2.71. The van der Waals surface area contributed by atoms with Crippen molar-refractivity contribution in [1.29, 1.82) is 0 Å². The molecule has 214 valence electrons. The van der Waals surface area contributed by atoms with Crippen LogP contribution < -0.4 is 19.1 Å². The van der Waals surface area contributed by atoms with Gasteiger partial charge in [-0.15, -0.1) is 0 Å². The Hall–Kier alpha value is -3.91. The third-order valence-electron chi connectivity index (χ3n) is 5.98. The van der Waals surface area contributed by atoms with Crippen molar-refractivity contribution in [3.8, 4) is 22.8 Å². The molecule has 2 N–H and O–H groups in total. The molecule has 0 aliphatic carbocycles. The van der Waals surface area contributed by atoms with E-state index in [0.29, 0.717) is 0 Å². The minimum absolute atomic E-state index is 0.00920. The molecule has 0 saturated carbocycles. The summed E-state index contributed by atoms with van der Waals surface area (Å²) in [5.74, 6) is -1.76. The zero-order valence-electron chi connectivity index (χ0n) is 21.5. The summed E-state index contributed by atoms with van der Waals surface area (Å²) in [5, 5.41) is 12.4. The van der Waals surface area contributed by atoms with Crippen molar-refractivity contribution in [3.05, 3.63) is 66.1 Å². The lowest BCUT2D eigenvalue weighted by molar-refractivity contribution is -0.141. The van der Waals surface area contributed by atoms with Crippen LogP contribution >= 0.6 is 0 Å². The second kappa shape index (κ2) is 10.6. The van der Waals surface area contributed by atoms with Gasteiger partial charge in [-0.05, 0) is 56.3 Å². The lowest BCUT2D eigenvalue weighted by Gasteiger charge is -2.36. The molecule has 14 heteroatoms. The van der Waals surface area contributed by atoms with Gasteiger partial charge < -0.3 is 19.9 Å². The molecular formula is C26H25F4N3O6S. The number of ether oxygens (including phenoxy) is 2. The molecule has 2 aromatic carbocycles. The monoisotopic (exact) mass is 583 g/mol. The number of amides is 1. The highest BCUT2D eigenvalue weighted by Crippen LogP contribution is 2.40. The average molecular weight is 584 g/mol. The van der Waals surface area contributed by atoms with Gasteiger partial charge in [0.05, 0.1) is 36.5 Å². The maximum absolute atomic E-state index is 14.0. The van der Waals surface area contributed by atoms with Gasteiger partial charge in [0.1, 0.15) is 23.1 Å². The van der Waals surface area contributed by atoms with Crippen molar-refractivity contribution >= 4 is 21.6 Å². The number of pyridine rings is 1. The number of benzene rings is 2. The molecule has 0 fully saturated rings. The molecule has 4 rings (SSSR count). The number of nitrogens with one attached hydrogen (secondary N) is 1. The fraction of sp³-hybridized carbons (Fsp3) is 0.308. The van der Waals surface area contributed by atoms with E-state index in [4.69, 9.17) is 9.47 Å². The van der Waals surface area contributed by atoms with E-state index in [2.05, 4.69) is 10.3 Å². The van der Waals surface area contributed by atoms with Crippen molar-refractivity contribution in [1.82, 2.24) is 10.3 Å². The second-order valence-corrected chi connectivity index (χ2v) is 11.3. The number of rotatable bonds is 7. The Bertz CT molecular complexity index is 1540. The van der Waals surface area contributed by atoms with Crippen LogP contribution in [0.25, 0.3) is 11.3 Å². The van der Waals surface area contributed by atoms with E-state index in [-0.39, 0.29) is 46.4 Å². The number of halogens is 4. The molecule has 1 aliphatic heterocycles. The van der Waals surface area contributed by atoms with Gasteiger partial charge in [0.15, 0.2) is 11.6 Å². The molecule has 2 heterocycles. The molecule has 1 aromatic heterocycles. The van der Waals surface area contributed by atoms with Crippen molar-refractivity contribution in [2.75, 3.05) is 24.5 Å². The van der Waals surface area contributed by atoms with Crippen LogP contribution in [0.2, 0.25) is 0 Å². The van der Waals surface area contributed by atoms with E-state index in [1.807, 2.05) is 0 Å². The number of nitrogens with zero attached hydrogens (tertiary/aromatic N) is 2. The topological polar surface area (TPSA) is 118 Å². The molecule has 1 amide bonds. The fourth-order valence-corrected chi connectivity index (χ4v) is 5.42. The van der Waals surface area contributed by atoms with Crippen molar-refractivity contribution in [3.63, 3.8) is 0 Å². The summed E-state index contributed by atoms with van der Waals surface area (Å²) in [4.78, 5) is 15.5. The van der Waals surface area contributed by atoms with Crippen LogP contribution in [0.4, 0.5) is 23.2 Å². The molecule has 0 spiro atoms. The average Bonchev–Trinajstić information content (AvgIpc) is 2.90. The van der Waals surface area contributed by atoms with E-state index >= 15 is 0 Å². The van der Waals surface area contributed by atoms with E-state index in [1.54, 1.807) is 0 Å². The summed E-state index contributed by atoms with van der Waals surface area (Å²) < 4.78 is 93.2. The molecule has 3 aromatic rings. The van der Waals surface area contributed by atoms with Crippen LogP contribution in [-0.2, 0) is 21.0 Å². The largest absolute Gasteiger partial charge is 0.494 e. The third kappa shape index (κ3) is 5.97. The van der Waals surface area contributed by atoms with Crippen LogP contribution in [0.15, 0.2) is 59.5 Å². The van der Waals surface area contributed by atoms with Crippen LogP contribution in [0.5, 0.6) is 11.5 Å². The number of anilines is 1. The first-order valence-electron chi connectivity index (χ1n) is 11.8. The Morgan fingerprint density at radius 2 is 1.90 bits per heavy atom. The summed E-state index contributed by atoms with van der Waals surface area (Å²) in [7, 11) is -3.24. The minimum atomic E-state index is -4.69. The number of sulfonamides is 1. The van der Waals surface area contributed by atoms with Gasteiger partial charge in [0.25, 0.3) is 15.9 Å². The summed E-state index contributed by atoms with van der Waals surface area (Å²) >= 11 is 0. The number of hydrogen-bond acceptors (Lipinski definition) is 7. The second-order valence-electron chi connectivity index (χ2n) is 9.43. The number of methoxy groups -OCH3 is 1. The molecule has 0 radical (unpaired) electrons. The molecule has 1 atom stereocenters. The molecule has 0 bridgehead atoms. The number of aromatic nitrogens is 1. The highest BCUT2D eigenvalue weighted by atomic mass is 32.2. The summed E-state index contributed by atoms with van der Waals surface area (Å²) in [6, 6.07) is 10.4. The standard InChI is InChI=1S/C26H25F4N3O6S/c1-25(2,35)24(34)31-13-16-14-33(40(36,37)17-8-9-18(27)22(12-17)38-3)20-11-15(7-10-21(20)39-16)19-5-4-6-23(32-19)26(28,29)30/h4-12,16,35H,13-14H2,1-3H3,(H,31,34). The molecule has 9 nitrogen and oxygen atoms in total. The number of fused-ring (bicyclic) bond motifs is 1. The predicted octanol–water partition coefficient (Wildman–Crippen LogP) is 3.76. The maximum atomic E-state index is 14.0. The Morgan fingerprint density at radius 1 is 1.18 bits per heavy atom. The first kappa shape index (κ1) is 29.1. The third-order valence-corrected chi connectivity index (χ3v) is 7.76. The molecule has 1 aliphatic rings. The quantitative estimate of drug-likeness (QED) is 0.407. The van der Waals surface area contributed by atoms with E-state index in [0.717, 1.165) is 28.6 Å². The fourth-order valence-electron chi connectivity index (χ4n) is 3.91. The number of hydrogen-bond donors (Lipinski definition) is 2. The normalized spacial score (nSPS) is 15.7. The summed E-state index contributed by atoms with van der Waals surface area (Å²) in [6.45, 7) is 2.04. The first-order chi connectivity index (χ1) is 18.6. The van der Waals surface area contributed by atoms with Crippen molar-refractivity contribution in [2.24, 2.45) is 0 Å². The first-order valence-corrected chi connectivity index (χ1v) is 13.3.